The van der Waals surface area contributed by atoms with Crippen molar-refractivity contribution in [3.8, 4) is 0 Å². The number of thiophene rings is 1. The van der Waals surface area contributed by atoms with Crippen molar-refractivity contribution in [1.29, 1.82) is 0 Å². The van der Waals surface area contributed by atoms with E-state index < -0.39 is 0 Å². The van der Waals surface area contributed by atoms with Crippen LogP contribution in [0.5, 0.6) is 0 Å². The predicted molar refractivity (Wildman–Crippen MR) is 101 cm³/mol. The quantitative estimate of drug-likeness (QED) is 0.730. The SMILES string of the molecule is Cc1sc2ncnc(N3CCN(Cc4ccccc4)CC3)c2c1C. The van der Waals surface area contributed by atoms with E-state index in [4.69, 9.17) is 0 Å². The van der Waals surface area contributed by atoms with Gasteiger partial charge in [0.2, 0.25) is 0 Å². The Morgan fingerprint density at radius 1 is 1.00 bits per heavy atom. The summed E-state index contributed by atoms with van der Waals surface area (Å²) in [6.07, 6.45) is 1.71. The maximum atomic E-state index is 4.62. The first-order chi connectivity index (χ1) is 11.7. The lowest BCUT2D eigenvalue weighted by Gasteiger charge is -2.35. The lowest BCUT2D eigenvalue weighted by Crippen LogP contribution is -2.46. The zero-order valence-electron chi connectivity index (χ0n) is 14.2. The van der Waals surface area contributed by atoms with Crippen molar-refractivity contribution in [2.45, 2.75) is 20.4 Å². The number of piperazine rings is 1. The molecule has 4 nitrogen and oxygen atoms in total. The molecule has 24 heavy (non-hydrogen) atoms. The van der Waals surface area contributed by atoms with Gasteiger partial charge >= 0.3 is 0 Å². The summed E-state index contributed by atoms with van der Waals surface area (Å²) in [5.41, 5.74) is 2.72. The topological polar surface area (TPSA) is 32.3 Å². The van der Waals surface area contributed by atoms with Gasteiger partial charge in [0.15, 0.2) is 0 Å². The van der Waals surface area contributed by atoms with Crippen molar-refractivity contribution in [3.05, 3.63) is 52.7 Å². The Morgan fingerprint density at radius 2 is 1.75 bits per heavy atom. The van der Waals surface area contributed by atoms with Gasteiger partial charge in [-0.2, -0.15) is 0 Å². The molecule has 3 heterocycles. The number of aryl methyl sites for hydroxylation is 2. The molecule has 0 atom stereocenters. The molecule has 124 valence electrons. The van der Waals surface area contributed by atoms with Crippen molar-refractivity contribution >= 4 is 27.4 Å². The van der Waals surface area contributed by atoms with Crippen LogP contribution in [0.15, 0.2) is 36.7 Å². The van der Waals surface area contributed by atoms with Crippen LogP contribution in [-0.4, -0.2) is 41.0 Å². The smallest absolute Gasteiger partial charge is 0.141 e. The molecule has 0 N–H and O–H groups in total. The number of rotatable bonds is 3. The van der Waals surface area contributed by atoms with Gasteiger partial charge in [-0.15, -0.1) is 11.3 Å². The first-order valence-electron chi connectivity index (χ1n) is 8.44. The second kappa shape index (κ2) is 6.49. The molecule has 0 amide bonds. The fourth-order valence-electron chi connectivity index (χ4n) is 3.36. The van der Waals surface area contributed by atoms with E-state index in [-0.39, 0.29) is 0 Å². The van der Waals surface area contributed by atoms with Crippen LogP contribution in [0.25, 0.3) is 10.2 Å². The highest BCUT2D eigenvalue weighted by molar-refractivity contribution is 7.18. The molecule has 5 heteroatoms. The van der Waals surface area contributed by atoms with Gasteiger partial charge in [0.1, 0.15) is 17.0 Å². The Labute approximate surface area is 146 Å². The van der Waals surface area contributed by atoms with Gasteiger partial charge in [-0.25, -0.2) is 9.97 Å². The second-order valence-electron chi connectivity index (χ2n) is 6.41. The van der Waals surface area contributed by atoms with Crippen molar-refractivity contribution in [2.24, 2.45) is 0 Å². The number of benzene rings is 1. The fourth-order valence-corrected chi connectivity index (χ4v) is 4.35. The number of hydrogen-bond acceptors (Lipinski definition) is 5. The highest BCUT2D eigenvalue weighted by Gasteiger charge is 2.22. The van der Waals surface area contributed by atoms with Crippen LogP contribution in [-0.2, 0) is 6.54 Å². The summed E-state index contributed by atoms with van der Waals surface area (Å²) >= 11 is 1.77. The molecule has 1 aliphatic rings. The van der Waals surface area contributed by atoms with Crippen molar-refractivity contribution in [3.63, 3.8) is 0 Å². The number of hydrogen-bond donors (Lipinski definition) is 0. The molecule has 0 unspecified atom stereocenters. The van der Waals surface area contributed by atoms with Crippen molar-refractivity contribution < 1.29 is 0 Å². The summed E-state index contributed by atoms with van der Waals surface area (Å²) in [5, 5.41) is 1.25. The number of anilines is 1. The van der Waals surface area contributed by atoms with Gasteiger partial charge in [0.05, 0.1) is 5.39 Å². The Bertz CT molecular complexity index is 835. The molecule has 0 bridgehead atoms. The van der Waals surface area contributed by atoms with Gasteiger partial charge < -0.3 is 4.90 Å². The third kappa shape index (κ3) is 2.89. The first-order valence-corrected chi connectivity index (χ1v) is 9.26. The van der Waals surface area contributed by atoms with E-state index in [1.54, 1.807) is 17.7 Å². The Kier molecular flexibility index (Phi) is 4.21. The summed E-state index contributed by atoms with van der Waals surface area (Å²) < 4.78 is 0. The standard InChI is InChI=1S/C19H22N4S/c1-14-15(2)24-19-17(14)18(20-13-21-19)23-10-8-22(9-11-23)12-16-6-4-3-5-7-16/h3-7,13H,8-12H2,1-2H3. The lowest BCUT2D eigenvalue weighted by atomic mass is 10.1. The molecule has 0 radical (unpaired) electrons. The van der Waals surface area contributed by atoms with Gasteiger partial charge in [-0.05, 0) is 25.0 Å². The average molecular weight is 338 g/mol. The zero-order valence-corrected chi connectivity index (χ0v) is 15.0. The van der Waals surface area contributed by atoms with Crippen LogP contribution in [0, 0.1) is 13.8 Å². The second-order valence-corrected chi connectivity index (χ2v) is 7.61. The molecule has 1 aliphatic heterocycles. The molecule has 1 fully saturated rings. The van der Waals surface area contributed by atoms with E-state index in [9.17, 15) is 0 Å². The largest absolute Gasteiger partial charge is 0.353 e. The minimum absolute atomic E-state index is 1.02. The summed E-state index contributed by atoms with van der Waals surface area (Å²) in [6, 6.07) is 10.7. The van der Waals surface area contributed by atoms with Crippen LogP contribution in [0.1, 0.15) is 16.0 Å². The molecule has 3 aromatic rings. The first kappa shape index (κ1) is 15.5. The fraction of sp³-hybridized carbons (Fsp3) is 0.368. The third-order valence-corrected chi connectivity index (χ3v) is 5.98. The van der Waals surface area contributed by atoms with Crippen LogP contribution < -0.4 is 4.90 Å². The predicted octanol–water partition coefficient (Wildman–Crippen LogP) is 3.63. The molecular formula is C19H22N4S. The monoisotopic (exact) mass is 338 g/mol. The van der Waals surface area contributed by atoms with Crippen LogP contribution in [0.3, 0.4) is 0 Å². The van der Waals surface area contributed by atoms with Gasteiger partial charge in [-0.3, -0.25) is 4.90 Å². The van der Waals surface area contributed by atoms with E-state index in [0.717, 1.165) is 43.4 Å². The van der Waals surface area contributed by atoms with Gasteiger partial charge in [0.25, 0.3) is 0 Å². The van der Waals surface area contributed by atoms with E-state index in [1.807, 2.05) is 0 Å². The molecule has 1 saturated heterocycles. The highest BCUT2D eigenvalue weighted by atomic mass is 32.1. The van der Waals surface area contributed by atoms with E-state index in [0.29, 0.717) is 0 Å². The minimum atomic E-state index is 1.02. The van der Waals surface area contributed by atoms with Crippen molar-refractivity contribution in [1.82, 2.24) is 14.9 Å². The van der Waals surface area contributed by atoms with E-state index in [2.05, 4.69) is 63.9 Å². The van der Waals surface area contributed by atoms with E-state index >= 15 is 0 Å². The Morgan fingerprint density at radius 3 is 2.50 bits per heavy atom. The average Bonchev–Trinajstić information content (AvgIpc) is 2.91. The van der Waals surface area contributed by atoms with Crippen LogP contribution in [0.4, 0.5) is 5.82 Å². The molecule has 0 aliphatic carbocycles. The number of nitrogens with zero attached hydrogens (tertiary/aromatic N) is 4. The maximum absolute atomic E-state index is 4.62. The lowest BCUT2D eigenvalue weighted by molar-refractivity contribution is 0.249. The van der Waals surface area contributed by atoms with Gasteiger partial charge in [0, 0.05) is 37.6 Å². The normalized spacial score (nSPS) is 16.0. The van der Waals surface area contributed by atoms with Gasteiger partial charge in [-0.1, -0.05) is 30.3 Å². The summed E-state index contributed by atoms with van der Waals surface area (Å²) in [5.74, 6) is 1.11. The molecule has 4 rings (SSSR count). The minimum Gasteiger partial charge on any atom is -0.353 e. The number of fused-ring (bicyclic) bond motifs is 1. The molecule has 0 saturated carbocycles. The Balaban J connectivity index is 1.50. The third-order valence-electron chi connectivity index (χ3n) is 4.87. The number of aromatic nitrogens is 2. The molecular weight excluding hydrogens is 316 g/mol. The van der Waals surface area contributed by atoms with E-state index in [1.165, 1.54) is 21.4 Å². The van der Waals surface area contributed by atoms with Crippen LogP contribution in [0.2, 0.25) is 0 Å². The maximum Gasteiger partial charge on any atom is 0.141 e. The summed E-state index contributed by atoms with van der Waals surface area (Å²) in [4.78, 5) is 16.5. The van der Waals surface area contributed by atoms with Crippen molar-refractivity contribution in [2.75, 3.05) is 31.1 Å². The summed E-state index contributed by atoms with van der Waals surface area (Å²) in [6.45, 7) is 9.58. The zero-order chi connectivity index (χ0) is 16.5. The van der Waals surface area contributed by atoms with Crippen LogP contribution >= 0.6 is 11.3 Å². The molecule has 2 aromatic heterocycles. The molecule has 1 aromatic carbocycles. The molecule has 0 spiro atoms. The highest BCUT2D eigenvalue weighted by Crippen LogP contribution is 2.34. The Hall–Kier alpha value is -1.98. The summed E-state index contributed by atoms with van der Waals surface area (Å²) in [7, 11) is 0.